The second-order valence-electron chi connectivity index (χ2n) is 5.06. The zero-order valence-electron chi connectivity index (χ0n) is 9.20. The monoisotopic (exact) mass is 209 g/mol. The SMILES string of the molecule is CC=C1C[C@H]2C[C@](CN)(CC(=O)O)[C@H]2C1. The molecule has 2 saturated carbocycles. The second kappa shape index (κ2) is 3.63. The molecule has 2 rings (SSSR count). The van der Waals surface area contributed by atoms with Crippen LogP contribution in [-0.4, -0.2) is 17.6 Å². The quantitative estimate of drug-likeness (QED) is 0.696. The summed E-state index contributed by atoms with van der Waals surface area (Å²) in [7, 11) is 0. The highest BCUT2D eigenvalue weighted by atomic mass is 16.4. The van der Waals surface area contributed by atoms with Crippen molar-refractivity contribution in [2.45, 2.75) is 32.6 Å². The Hall–Kier alpha value is -0.830. The number of rotatable bonds is 3. The molecule has 3 heteroatoms. The van der Waals surface area contributed by atoms with Gasteiger partial charge in [-0.25, -0.2) is 0 Å². The maximum atomic E-state index is 10.8. The van der Waals surface area contributed by atoms with Crippen LogP contribution in [0.4, 0.5) is 0 Å². The molecule has 3 N–H and O–H groups in total. The molecule has 0 aliphatic heterocycles. The summed E-state index contributed by atoms with van der Waals surface area (Å²) in [4.78, 5) is 10.8. The third-order valence-electron chi connectivity index (χ3n) is 4.35. The van der Waals surface area contributed by atoms with Crippen LogP contribution in [-0.2, 0) is 4.79 Å². The number of carboxylic acids is 1. The van der Waals surface area contributed by atoms with Crippen molar-refractivity contribution in [2.24, 2.45) is 23.0 Å². The van der Waals surface area contributed by atoms with Gasteiger partial charge in [-0.2, -0.15) is 0 Å². The van der Waals surface area contributed by atoms with E-state index in [1.54, 1.807) is 0 Å². The van der Waals surface area contributed by atoms with Gasteiger partial charge in [0.05, 0.1) is 6.42 Å². The number of hydrogen-bond acceptors (Lipinski definition) is 2. The van der Waals surface area contributed by atoms with Crippen LogP contribution in [0.5, 0.6) is 0 Å². The average molecular weight is 209 g/mol. The zero-order valence-corrected chi connectivity index (χ0v) is 9.20. The molecule has 3 nitrogen and oxygen atoms in total. The largest absolute Gasteiger partial charge is 0.481 e. The van der Waals surface area contributed by atoms with E-state index in [1.807, 2.05) is 0 Å². The van der Waals surface area contributed by atoms with Crippen LogP contribution in [0.1, 0.15) is 32.6 Å². The Balaban J connectivity index is 2.09. The third-order valence-corrected chi connectivity index (χ3v) is 4.35. The van der Waals surface area contributed by atoms with Crippen LogP contribution < -0.4 is 5.73 Å². The number of allylic oxidation sites excluding steroid dienone is 2. The molecule has 0 radical (unpaired) electrons. The van der Waals surface area contributed by atoms with E-state index in [0.29, 0.717) is 18.4 Å². The lowest BCUT2D eigenvalue weighted by Crippen LogP contribution is -2.51. The fraction of sp³-hybridized carbons (Fsp3) is 0.750. The minimum atomic E-state index is -0.701. The molecule has 0 bridgehead atoms. The Morgan fingerprint density at radius 2 is 2.40 bits per heavy atom. The Morgan fingerprint density at radius 3 is 2.93 bits per heavy atom. The summed E-state index contributed by atoms with van der Waals surface area (Å²) < 4.78 is 0. The van der Waals surface area contributed by atoms with E-state index in [-0.39, 0.29) is 11.8 Å². The van der Waals surface area contributed by atoms with Gasteiger partial charge in [-0.05, 0) is 50.0 Å². The van der Waals surface area contributed by atoms with Crippen molar-refractivity contribution in [2.75, 3.05) is 6.54 Å². The fourth-order valence-corrected chi connectivity index (χ4v) is 3.50. The van der Waals surface area contributed by atoms with E-state index in [2.05, 4.69) is 13.0 Å². The summed E-state index contributed by atoms with van der Waals surface area (Å²) in [6, 6.07) is 0. The molecule has 84 valence electrons. The number of carboxylic acid groups (broad SMARTS) is 1. The van der Waals surface area contributed by atoms with Gasteiger partial charge in [-0.15, -0.1) is 0 Å². The smallest absolute Gasteiger partial charge is 0.303 e. The lowest BCUT2D eigenvalue weighted by atomic mass is 9.53. The first-order chi connectivity index (χ1) is 7.11. The fourth-order valence-electron chi connectivity index (χ4n) is 3.50. The normalized spacial score (nSPS) is 41.3. The van der Waals surface area contributed by atoms with Crippen molar-refractivity contribution < 1.29 is 9.90 Å². The van der Waals surface area contributed by atoms with Crippen molar-refractivity contribution in [1.82, 2.24) is 0 Å². The summed E-state index contributed by atoms with van der Waals surface area (Å²) in [5.41, 5.74) is 7.17. The second-order valence-corrected chi connectivity index (χ2v) is 5.06. The highest BCUT2D eigenvalue weighted by Gasteiger charge is 2.56. The van der Waals surface area contributed by atoms with E-state index in [9.17, 15) is 4.79 Å². The summed E-state index contributed by atoms with van der Waals surface area (Å²) in [6.45, 7) is 2.60. The Labute approximate surface area is 90.3 Å². The molecular formula is C12H19NO2. The van der Waals surface area contributed by atoms with Crippen LogP contribution in [0.2, 0.25) is 0 Å². The summed E-state index contributed by atoms with van der Waals surface area (Å²) in [6.07, 6.45) is 5.69. The maximum absolute atomic E-state index is 10.8. The topological polar surface area (TPSA) is 63.3 Å². The average Bonchev–Trinajstić information content (AvgIpc) is 2.53. The van der Waals surface area contributed by atoms with Crippen LogP contribution in [0.3, 0.4) is 0 Å². The predicted molar refractivity (Wildman–Crippen MR) is 58.3 cm³/mol. The van der Waals surface area contributed by atoms with Crippen molar-refractivity contribution in [1.29, 1.82) is 0 Å². The molecule has 0 aromatic heterocycles. The first-order valence-electron chi connectivity index (χ1n) is 5.67. The van der Waals surface area contributed by atoms with Gasteiger partial charge in [-0.1, -0.05) is 11.6 Å². The van der Waals surface area contributed by atoms with Gasteiger partial charge in [0.2, 0.25) is 0 Å². The molecule has 0 saturated heterocycles. The minimum Gasteiger partial charge on any atom is -0.481 e. The lowest BCUT2D eigenvalue weighted by Gasteiger charge is -2.51. The van der Waals surface area contributed by atoms with E-state index in [1.165, 1.54) is 12.0 Å². The lowest BCUT2D eigenvalue weighted by molar-refractivity contribution is -0.145. The van der Waals surface area contributed by atoms with E-state index < -0.39 is 5.97 Å². The summed E-state index contributed by atoms with van der Waals surface area (Å²) in [5.74, 6) is 0.539. The number of carbonyl (C=O) groups is 1. The summed E-state index contributed by atoms with van der Waals surface area (Å²) >= 11 is 0. The van der Waals surface area contributed by atoms with Crippen molar-refractivity contribution in [3.63, 3.8) is 0 Å². The van der Waals surface area contributed by atoms with Crippen LogP contribution in [0, 0.1) is 17.3 Å². The first-order valence-corrected chi connectivity index (χ1v) is 5.67. The molecule has 3 atom stereocenters. The van der Waals surface area contributed by atoms with Gasteiger partial charge in [0.25, 0.3) is 0 Å². The Morgan fingerprint density at radius 1 is 1.67 bits per heavy atom. The first kappa shape index (κ1) is 10.7. The highest BCUT2D eigenvalue weighted by molar-refractivity contribution is 5.68. The molecular weight excluding hydrogens is 190 g/mol. The summed E-state index contributed by atoms with van der Waals surface area (Å²) in [5, 5.41) is 8.92. The van der Waals surface area contributed by atoms with Crippen molar-refractivity contribution in [3.05, 3.63) is 11.6 Å². The molecule has 0 amide bonds. The van der Waals surface area contributed by atoms with Crippen LogP contribution in [0.15, 0.2) is 11.6 Å². The third kappa shape index (κ3) is 1.59. The highest BCUT2D eigenvalue weighted by Crippen LogP contribution is 2.61. The van der Waals surface area contributed by atoms with E-state index in [0.717, 1.165) is 12.8 Å². The number of nitrogens with two attached hydrogens (primary N) is 1. The van der Waals surface area contributed by atoms with Crippen molar-refractivity contribution in [3.8, 4) is 0 Å². The zero-order chi connectivity index (χ0) is 11.1. The molecule has 0 heterocycles. The van der Waals surface area contributed by atoms with E-state index in [4.69, 9.17) is 10.8 Å². The van der Waals surface area contributed by atoms with Gasteiger partial charge >= 0.3 is 5.97 Å². The molecule has 2 aliphatic rings. The van der Waals surface area contributed by atoms with Crippen LogP contribution >= 0.6 is 0 Å². The molecule has 0 aromatic rings. The van der Waals surface area contributed by atoms with Gasteiger partial charge in [0.1, 0.15) is 0 Å². The number of aliphatic carboxylic acids is 1. The van der Waals surface area contributed by atoms with E-state index >= 15 is 0 Å². The van der Waals surface area contributed by atoms with Gasteiger partial charge in [0, 0.05) is 0 Å². The molecule has 0 spiro atoms. The van der Waals surface area contributed by atoms with Crippen LogP contribution in [0.25, 0.3) is 0 Å². The Bertz CT molecular complexity index is 311. The van der Waals surface area contributed by atoms with Crippen molar-refractivity contribution >= 4 is 5.97 Å². The molecule has 0 aromatic carbocycles. The molecule has 2 aliphatic carbocycles. The standard InChI is InChI=1S/C12H19NO2/c1-2-8-3-9-5-12(7-13,6-11(14)15)10(9)4-8/h2,9-10H,3-7,13H2,1H3,(H,14,15)/t9-,10-,12+/m0/s1. The molecule has 15 heavy (non-hydrogen) atoms. The van der Waals surface area contributed by atoms with Gasteiger partial charge in [-0.3, -0.25) is 4.79 Å². The Kier molecular flexibility index (Phi) is 2.59. The number of fused-ring (bicyclic) bond motifs is 1. The minimum absolute atomic E-state index is 0.0960. The maximum Gasteiger partial charge on any atom is 0.303 e. The molecule has 2 fully saturated rings. The number of hydrogen-bond donors (Lipinski definition) is 2. The molecule has 0 unspecified atom stereocenters. The van der Waals surface area contributed by atoms with Gasteiger partial charge < -0.3 is 10.8 Å². The van der Waals surface area contributed by atoms with Gasteiger partial charge in [0.15, 0.2) is 0 Å². The predicted octanol–water partition coefficient (Wildman–Crippen LogP) is 1.78.